The zero-order chi connectivity index (χ0) is 9.26. The summed E-state index contributed by atoms with van der Waals surface area (Å²) in [7, 11) is 1.86. The van der Waals surface area contributed by atoms with Gasteiger partial charge in [0, 0.05) is 18.8 Å². The van der Waals surface area contributed by atoms with Crippen molar-refractivity contribution in [2.75, 3.05) is 5.32 Å². The Hall–Kier alpha value is -1.85. The quantitative estimate of drug-likeness (QED) is 0.658. The number of guanidine groups is 1. The van der Waals surface area contributed by atoms with Crippen LogP contribution in [0.4, 0.5) is 5.82 Å². The normalized spacial score (nSPS) is 14.2. The Morgan fingerprint density at radius 1 is 1.46 bits per heavy atom. The van der Waals surface area contributed by atoms with E-state index in [2.05, 4.69) is 25.9 Å². The summed E-state index contributed by atoms with van der Waals surface area (Å²) in [6, 6.07) is 0. The lowest BCUT2D eigenvalue weighted by molar-refractivity contribution is 0.771. The third-order valence-electron chi connectivity index (χ3n) is 1.63. The first-order valence-electron chi connectivity index (χ1n) is 3.83. The number of anilines is 1. The molecule has 0 saturated carbocycles. The van der Waals surface area contributed by atoms with Gasteiger partial charge in [-0.2, -0.15) is 10.4 Å². The highest BCUT2D eigenvalue weighted by atomic mass is 15.4. The largest absolute Gasteiger partial charge is 0.306 e. The average molecular weight is 177 g/mol. The first kappa shape index (κ1) is 7.78. The topological polar surface area (TPSA) is 68.7 Å². The molecule has 13 heavy (non-hydrogen) atoms. The Bertz CT molecular complexity index is 374. The van der Waals surface area contributed by atoms with Gasteiger partial charge in [0.2, 0.25) is 5.96 Å². The Morgan fingerprint density at radius 2 is 2.31 bits per heavy atom. The van der Waals surface area contributed by atoms with Crippen LogP contribution in [0.25, 0.3) is 0 Å². The van der Waals surface area contributed by atoms with Crippen molar-refractivity contribution in [3.63, 3.8) is 0 Å². The maximum Gasteiger partial charge on any atom is 0.249 e. The van der Waals surface area contributed by atoms with Crippen LogP contribution in [0.2, 0.25) is 0 Å². The summed E-state index contributed by atoms with van der Waals surface area (Å²) in [6.45, 7) is 1.96. The minimum Gasteiger partial charge on any atom is -0.306 e. The molecule has 0 fully saturated rings. The summed E-state index contributed by atoms with van der Waals surface area (Å²) in [5.74, 6) is 1.23. The van der Waals surface area contributed by atoms with Crippen molar-refractivity contribution in [3.8, 4) is 0 Å². The molecule has 1 radical (unpaired) electrons. The van der Waals surface area contributed by atoms with Crippen molar-refractivity contribution in [1.29, 1.82) is 0 Å². The van der Waals surface area contributed by atoms with E-state index in [4.69, 9.17) is 0 Å². The van der Waals surface area contributed by atoms with E-state index in [1.54, 1.807) is 4.68 Å². The maximum atomic E-state index is 4.18. The second-order valence-electron chi connectivity index (χ2n) is 2.74. The highest BCUT2D eigenvalue weighted by Gasteiger charge is 2.08. The van der Waals surface area contributed by atoms with E-state index in [0.717, 1.165) is 11.4 Å². The third kappa shape index (κ3) is 1.51. The van der Waals surface area contributed by atoms with E-state index in [1.165, 1.54) is 6.34 Å². The van der Waals surface area contributed by atoms with E-state index in [-0.39, 0.29) is 0 Å². The van der Waals surface area contributed by atoms with Gasteiger partial charge in [0.1, 0.15) is 6.34 Å². The van der Waals surface area contributed by atoms with E-state index in [9.17, 15) is 0 Å². The van der Waals surface area contributed by atoms with Crippen LogP contribution >= 0.6 is 0 Å². The Morgan fingerprint density at radius 3 is 2.85 bits per heavy atom. The second-order valence-corrected chi connectivity index (χ2v) is 2.74. The molecule has 1 aromatic rings. The van der Waals surface area contributed by atoms with Crippen LogP contribution < -0.4 is 10.6 Å². The fourth-order valence-electron chi connectivity index (χ4n) is 1.08. The number of nitrogens with zero attached hydrogens (tertiary/aromatic N) is 5. The van der Waals surface area contributed by atoms with Gasteiger partial charge in [0.25, 0.3) is 0 Å². The number of rotatable bonds is 1. The number of hydrogen-bond acceptors (Lipinski definition) is 4. The van der Waals surface area contributed by atoms with Gasteiger partial charge >= 0.3 is 0 Å². The molecule has 1 N–H and O–H groups in total. The van der Waals surface area contributed by atoms with Crippen LogP contribution in [0.1, 0.15) is 5.56 Å². The van der Waals surface area contributed by atoms with Gasteiger partial charge in [-0.25, -0.2) is 0 Å². The van der Waals surface area contributed by atoms with E-state index < -0.39 is 0 Å². The Balaban J connectivity index is 2.13. The molecular weight excluding hydrogens is 168 g/mol. The molecule has 67 valence electrons. The average Bonchev–Trinajstić information content (AvgIpc) is 2.63. The first-order chi connectivity index (χ1) is 6.25. The summed E-state index contributed by atoms with van der Waals surface area (Å²) in [4.78, 5) is 0. The number of aromatic nitrogens is 2. The minimum absolute atomic E-state index is 0.474. The molecular formula is C7H9N6. The number of nitrogens with one attached hydrogen (secondary N) is 1. The summed E-state index contributed by atoms with van der Waals surface area (Å²) in [5.41, 5.74) is 1.05. The lowest BCUT2D eigenvalue weighted by Gasteiger charge is -1.99. The second kappa shape index (κ2) is 2.89. The van der Waals surface area contributed by atoms with E-state index in [1.807, 2.05) is 20.2 Å². The standard InChI is InChI=1S/C7H9N6/c1-5-3-13(2)12-6(5)10-7-8-4-9-11-7/h3-4H,1-2H3,(H,10,11,12). The molecule has 1 aliphatic heterocycles. The third-order valence-corrected chi connectivity index (χ3v) is 1.63. The predicted octanol–water partition coefficient (Wildman–Crippen LogP) is 0.0577. The molecule has 0 saturated heterocycles. The van der Waals surface area contributed by atoms with Crippen LogP contribution in [0.3, 0.4) is 0 Å². The van der Waals surface area contributed by atoms with E-state index >= 15 is 0 Å². The zero-order valence-electron chi connectivity index (χ0n) is 7.39. The first-order valence-corrected chi connectivity index (χ1v) is 3.83. The Kier molecular flexibility index (Phi) is 1.73. The van der Waals surface area contributed by atoms with Gasteiger partial charge < -0.3 is 5.32 Å². The van der Waals surface area contributed by atoms with Crippen molar-refractivity contribution in [2.45, 2.75) is 6.92 Å². The summed E-state index contributed by atoms with van der Waals surface area (Å²) in [6.07, 6.45) is 3.30. The van der Waals surface area contributed by atoms with Crippen molar-refractivity contribution in [1.82, 2.24) is 15.1 Å². The Labute approximate surface area is 75.4 Å². The molecule has 1 aliphatic rings. The monoisotopic (exact) mass is 177 g/mol. The van der Waals surface area contributed by atoms with Crippen LogP contribution in [-0.4, -0.2) is 22.1 Å². The van der Waals surface area contributed by atoms with Gasteiger partial charge in [-0.05, 0) is 6.92 Å². The zero-order valence-corrected chi connectivity index (χ0v) is 7.39. The number of hydrogen-bond donors (Lipinski definition) is 1. The fraction of sp³-hybridized carbons (Fsp3) is 0.286. The molecule has 0 amide bonds. The molecule has 1 aromatic heterocycles. The molecule has 0 unspecified atom stereocenters. The highest BCUT2D eigenvalue weighted by Crippen LogP contribution is 2.10. The van der Waals surface area contributed by atoms with E-state index in [0.29, 0.717) is 5.96 Å². The van der Waals surface area contributed by atoms with Crippen molar-refractivity contribution >= 4 is 18.1 Å². The van der Waals surface area contributed by atoms with Gasteiger partial charge in [-0.1, -0.05) is 0 Å². The van der Waals surface area contributed by atoms with Crippen molar-refractivity contribution < 1.29 is 0 Å². The van der Waals surface area contributed by atoms with Crippen molar-refractivity contribution in [2.24, 2.45) is 17.3 Å². The molecule has 2 rings (SSSR count). The molecule has 0 aliphatic carbocycles. The SMILES string of the molecule is Cc1cn(C)nc1NC1=NN=C[N]1. The minimum atomic E-state index is 0.474. The van der Waals surface area contributed by atoms with Crippen molar-refractivity contribution in [3.05, 3.63) is 11.8 Å². The smallest absolute Gasteiger partial charge is 0.249 e. The van der Waals surface area contributed by atoms with Crippen LogP contribution in [0.15, 0.2) is 16.4 Å². The van der Waals surface area contributed by atoms with Gasteiger partial charge in [-0.15, -0.1) is 10.2 Å². The molecule has 6 nitrogen and oxygen atoms in total. The maximum absolute atomic E-state index is 4.18. The van der Waals surface area contributed by atoms with Crippen LogP contribution in [0, 0.1) is 6.92 Å². The molecule has 6 heteroatoms. The van der Waals surface area contributed by atoms with Gasteiger partial charge in [0.15, 0.2) is 5.82 Å². The molecule has 0 aromatic carbocycles. The molecule has 0 spiro atoms. The molecule has 0 atom stereocenters. The highest BCUT2D eigenvalue weighted by molar-refractivity contribution is 6.01. The fourth-order valence-corrected chi connectivity index (χ4v) is 1.08. The number of aryl methyl sites for hydroxylation is 2. The lowest BCUT2D eigenvalue weighted by Crippen LogP contribution is -2.20. The lowest BCUT2D eigenvalue weighted by atomic mass is 10.4. The van der Waals surface area contributed by atoms with Crippen LogP contribution in [-0.2, 0) is 7.05 Å². The van der Waals surface area contributed by atoms with Crippen LogP contribution in [0.5, 0.6) is 0 Å². The van der Waals surface area contributed by atoms with Gasteiger partial charge in [-0.3, -0.25) is 4.68 Å². The molecule has 2 heterocycles. The predicted molar refractivity (Wildman–Crippen MR) is 49.6 cm³/mol. The summed E-state index contributed by atoms with van der Waals surface area (Å²) < 4.78 is 1.73. The summed E-state index contributed by atoms with van der Waals surface area (Å²) in [5, 5.41) is 18.4. The van der Waals surface area contributed by atoms with Gasteiger partial charge in [0.05, 0.1) is 0 Å². The summed E-state index contributed by atoms with van der Waals surface area (Å²) >= 11 is 0. The molecule has 0 bridgehead atoms.